The number of halogens is 2. The summed E-state index contributed by atoms with van der Waals surface area (Å²) in [6.07, 6.45) is 1.31. The van der Waals surface area contributed by atoms with Crippen LogP contribution in [0.3, 0.4) is 0 Å². The van der Waals surface area contributed by atoms with Crippen molar-refractivity contribution in [2.24, 2.45) is 0 Å². The van der Waals surface area contributed by atoms with Gasteiger partial charge in [0.1, 0.15) is 10.1 Å². The molecule has 0 saturated heterocycles. The van der Waals surface area contributed by atoms with E-state index in [2.05, 4.69) is 25.9 Å². The van der Waals surface area contributed by atoms with Crippen molar-refractivity contribution < 1.29 is 4.39 Å². The summed E-state index contributed by atoms with van der Waals surface area (Å²) < 4.78 is 13.6. The van der Waals surface area contributed by atoms with E-state index in [1.54, 1.807) is 0 Å². The summed E-state index contributed by atoms with van der Waals surface area (Å²) in [5, 5.41) is 0. The van der Waals surface area contributed by atoms with E-state index in [9.17, 15) is 4.39 Å². The molecule has 0 unspecified atom stereocenters. The highest BCUT2D eigenvalue weighted by atomic mass is 79.9. The fraction of sp³-hybridized carbons (Fsp3) is 0.125. The van der Waals surface area contributed by atoms with Crippen LogP contribution >= 0.6 is 15.9 Å². The molecule has 0 radical (unpaired) electrons. The molecule has 2 heterocycles. The summed E-state index contributed by atoms with van der Waals surface area (Å²) in [6, 6.07) is 1.86. The van der Waals surface area contributed by atoms with Gasteiger partial charge in [0.2, 0.25) is 0 Å². The van der Waals surface area contributed by atoms with Gasteiger partial charge in [0.05, 0.1) is 5.52 Å². The van der Waals surface area contributed by atoms with Crippen LogP contribution in [0.25, 0.3) is 11.0 Å². The van der Waals surface area contributed by atoms with Crippen molar-refractivity contribution in [3.05, 3.63) is 28.2 Å². The van der Waals surface area contributed by atoms with Crippen molar-refractivity contribution in [2.45, 2.75) is 6.92 Å². The molecule has 0 bridgehead atoms. The highest BCUT2D eigenvalue weighted by Gasteiger charge is 2.06. The zero-order chi connectivity index (χ0) is 8.72. The molecular weight excluding hydrogens is 223 g/mol. The fourth-order valence-electron chi connectivity index (χ4n) is 1.09. The van der Waals surface area contributed by atoms with E-state index in [1.807, 2.05) is 13.0 Å². The number of pyridine rings is 1. The minimum Gasteiger partial charge on any atom is -0.357 e. The topological polar surface area (TPSA) is 28.7 Å². The van der Waals surface area contributed by atoms with Crippen LogP contribution in [0.1, 0.15) is 5.56 Å². The summed E-state index contributed by atoms with van der Waals surface area (Å²) in [5.41, 5.74) is 2.10. The van der Waals surface area contributed by atoms with Crippen molar-refractivity contribution in [1.82, 2.24) is 9.97 Å². The Morgan fingerprint density at radius 2 is 2.33 bits per heavy atom. The Balaban J connectivity index is 2.87. The monoisotopic (exact) mass is 228 g/mol. The van der Waals surface area contributed by atoms with Gasteiger partial charge in [0.15, 0.2) is 5.82 Å². The van der Waals surface area contributed by atoms with Gasteiger partial charge in [-0.1, -0.05) is 0 Å². The number of rotatable bonds is 0. The lowest BCUT2D eigenvalue weighted by atomic mass is 10.3. The van der Waals surface area contributed by atoms with Crippen LogP contribution < -0.4 is 0 Å². The quantitative estimate of drug-likeness (QED) is 0.691. The third-order valence-electron chi connectivity index (χ3n) is 1.73. The number of fused-ring (bicyclic) bond motifs is 1. The molecule has 0 aliphatic carbocycles. The summed E-state index contributed by atoms with van der Waals surface area (Å²) in [5.74, 6) is -0.314. The van der Waals surface area contributed by atoms with Crippen LogP contribution in [0.15, 0.2) is 16.9 Å². The first-order valence-corrected chi connectivity index (χ1v) is 4.27. The molecule has 0 fully saturated rings. The zero-order valence-electron chi connectivity index (χ0n) is 6.36. The second-order valence-electron chi connectivity index (χ2n) is 2.63. The van der Waals surface area contributed by atoms with Crippen molar-refractivity contribution >= 4 is 27.0 Å². The van der Waals surface area contributed by atoms with Gasteiger partial charge < -0.3 is 4.98 Å². The van der Waals surface area contributed by atoms with Crippen molar-refractivity contribution in [1.29, 1.82) is 0 Å². The van der Waals surface area contributed by atoms with Crippen LogP contribution in [0.2, 0.25) is 0 Å². The van der Waals surface area contributed by atoms with Gasteiger partial charge in [0.25, 0.3) is 0 Å². The van der Waals surface area contributed by atoms with Crippen LogP contribution in [0.5, 0.6) is 0 Å². The van der Waals surface area contributed by atoms with E-state index in [0.717, 1.165) is 11.1 Å². The summed E-state index contributed by atoms with van der Waals surface area (Å²) in [7, 11) is 0. The van der Waals surface area contributed by atoms with E-state index in [4.69, 9.17) is 0 Å². The van der Waals surface area contributed by atoms with Gasteiger partial charge >= 0.3 is 0 Å². The second-order valence-corrected chi connectivity index (χ2v) is 3.38. The number of aromatic amines is 1. The van der Waals surface area contributed by atoms with Gasteiger partial charge in [0, 0.05) is 6.20 Å². The summed E-state index contributed by atoms with van der Waals surface area (Å²) in [6.45, 7) is 1.91. The molecule has 0 aliphatic heterocycles. The van der Waals surface area contributed by atoms with Gasteiger partial charge in [-0.05, 0) is 34.5 Å². The lowest BCUT2D eigenvalue weighted by Crippen LogP contribution is -1.83. The Kier molecular flexibility index (Phi) is 1.65. The lowest BCUT2D eigenvalue weighted by molar-refractivity contribution is 0.636. The van der Waals surface area contributed by atoms with Crippen LogP contribution in [0.4, 0.5) is 4.39 Å². The van der Waals surface area contributed by atoms with Crippen molar-refractivity contribution in [3.8, 4) is 0 Å². The van der Waals surface area contributed by atoms with Crippen LogP contribution in [-0.2, 0) is 0 Å². The number of hydrogen-bond donors (Lipinski definition) is 1. The fourth-order valence-corrected chi connectivity index (χ4v) is 1.38. The Morgan fingerprint density at radius 1 is 1.58 bits per heavy atom. The van der Waals surface area contributed by atoms with Gasteiger partial charge in [-0.2, -0.15) is 0 Å². The molecule has 12 heavy (non-hydrogen) atoms. The number of nitrogens with one attached hydrogen (secondary N) is 1. The highest BCUT2D eigenvalue weighted by Crippen LogP contribution is 2.20. The Morgan fingerprint density at radius 3 is 3.08 bits per heavy atom. The minimum absolute atomic E-state index is 0.314. The first-order valence-electron chi connectivity index (χ1n) is 3.48. The molecule has 0 aliphatic rings. The number of aryl methyl sites for hydroxylation is 1. The van der Waals surface area contributed by atoms with E-state index in [0.29, 0.717) is 10.1 Å². The van der Waals surface area contributed by atoms with Crippen molar-refractivity contribution in [3.63, 3.8) is 0 Å². The molecule has 2 rings (SSSR count). The van der Waals surface area contributed by atoms with Crippen molar-refractivity contribution in [2.75, 3.05) is 0 Å². The molecule has 2 aromatic rings. The van der Waals surface area contributed by atoms with E-state index < -0.39 is 0 Å². The standard InChI is InChI=1S/C8H6BrFN2/c1-4-2-6-7(12-8(4)9)5(10)3-11-6/h2-3,11H,1H3. The Bertz CT molecular complexity index is 436. The summed E-state index contributed by atoms with van der Waals surface area (Å²) >= 11 is 3.24. The number of aromatic nitrogens is 2. The molecule has 0 amide bonds. The normalized spacial score (nSPS) is 10.9. The third-order valence-corrected chi connectivity index (χ3v) is 2.53. The van der Waals surface area contributed by atoms with E-state index in [-0.39, 0.29) is 5.82 Å². The van der Waals surface area contributed by atoms with Crippen LogP contribution in [0, 0.1) is 12.7 Å². The third kappa shape index (κ3) is 1.03. The molecule has 0 aromatic carbocycles. The van der Waals surface area contributed by atoms with Gasteiger partial charge in [-0.3, -0.25) is 0 Å². The molecule has 2 nitrogen and oxygen atoms in total. The van der Waals surface area contributed by atoms with Gasteiger partial charge in [-0.15, -0.1) is 0 Å². The molecule has 1 N–H and O–H groups in total. The maximum atomic E-state index is 12.9. The first kappa shape index (κ1) is 7.73. The maximum absolute atomic E-state index is 12.9. The maximum Gasteiger partial charge on any atom is 0.166 e. The first-order chi connectivity index (χ1) is 5.68. The summed E-state index contributed by atoms with van der Waals surface area (Å²) in [4.78, 5) is 6.84. The molecule has 0 saturated carbocycles. The highest BCUT2D eigenvalue weighted by molar-refractivity contribution is 9.10. The number of hydrogen-bond acceptors (Lipinski definition) is 1. The minimum atomic E-state index is -0.314. The Labute approximate surface area is 76.9 Å². The van der Waals surface area contributed by atoms with E-state index >= 15 is 0 Å². The largest absolute Gasteiger partial charge is 0.357 e. The SMILES string of the molecule is Cc1cc2[nH]cc(F)c2nc1Br. The molecule has 0 atom stereocenters. The molecular formula is C8H6BrFN2. The second kappa shape index (κ2) is 2.55. The Hall–Kier alpha value is -0.900. The lowest BCUT2D eigenvalue weighted by Gasteiger charge is -1.96. The van der Waals surface area contributed by atoms with Crippen LogP contribution in [-0.4, -0.2) is 9.97 Å². The molecule has 62 valence electrons. The molecule has 0 spiro atoms. The smallest absolute Gasteiger partial charge is 0.166 e. The molecule has 2 aromatic heterocycles. The molecule has 4 heteroatoms. The zero-order valence-corrected chi connectivity index (χ0v) is 7.94. The predicted octanol–water partition coefficient (Wildman–Crippen LogP) is 2.77. The van der Waals surface area contributed by atoms with Gasteiger partial charge in [-0.25, -0.2) is 9.37 Å². The average Bonchev–Trinajstić information content (AvgIpc) is 2.35. The number of nitrogens with zero attached hydrogens (tertiary/aromatic N) is 1. The number of H-pyrrole nitrogens is 1. The predicted molar refractivity (Wildman–Crippen MR) is 48.5 cm³/mol. The van der Waals surface area contributed by atoms with E-state index in [1.165, 1.54) is 6.20 Å². The average molecular weight is 229 g/mol.